The number of aliphatic hydroxyl groups excluding tert-OH is 1. The van der Waals surface area contributed by atoms with E-state index in [4.69, 9.17) is 4.74 Å². The van der Waals surface area contributed by atoms with E-state index in [1.54, 1.807) is 0 Å². The Morgan fingerprint density at radius 3 is 2.45 bits per heavy atom. The molecule has 1 aliphatic rings. The second-order valence-electron chi connectivity index (χ2n) is 3.76. The lowest BCUT2D eigenvalue weighted by molar-refractivity contribution is -0.0826. The molecule has 0 saturated carbocycles. The molecule has 1 atom stereocenters. The molecule has 0 aromatic heterocycles. The van der Waals surface area contributed by atoms with Crippen LogP contribution in [0.2, 0.25) is 0 Å². The topological polar surface area (TPSA) is 29.5 Å². The van der Waals surface area contributed by atoms with Gasteiger partial charge in [-0.15, -0.1) is 0 Å². The van der Waals surface area contributed by atoms with Crippen molar-refractivity contribution in [3.63, 3.8) is 0 Å². The first-order chi connectivity index (χ1) is 4.93. The van der Waals surface area contributed by atoms with Crippen LogP contribution in [0.3, 0.4) is 0 Å². The summed E-state index contributed by atoms with van der Waals surface area (Å²) in [5, 5.41) is 9.57. The Balaban J connectivity index is 2.84. The molecule has 0 amide bonds. The molecular formula is C9H16O2. The zero-order valence-corrected chi connectivity index (χ0v) is 7.64. The number of allylic oxidation sites excluding steroid dienone is 1. The van der Waals surface area contributed by atoms with Crippen LogP contribution in [0, 0.1) is 0 Å². The summed E-state index contributed by atoms with van der Waals surface area (Å²) in [5.41, 5.74) is 0.737. The maximum absolute atomic E-state index is 9.57. The maximum Gasteiger partial charge on any atom is 0.129 e. The van der Waals surface area contributed by atoms with Crippen molar-refractivity contribution in [2.24, 2.45) is 0 Å². The third-order valence-corrected chi connectivity index (χ3v) is 2.32. The average Bonchev–Trinajstić information content (AvgIpc) is 1.83. The maximum atomic E-state index is 9.57. The predicted molar refractivity (Wildman–Crippen MR) is 44.2 cm³/mol. The Morgan fingerprint density at radius 2 is 2.00 bits per heavy atom. The van der Waals surface area contributed by atoms with Gasteiger partial charge in [-0.2, -0.15) is 0 Å². The van der Waals surface area contributed by atoms with Gasteiger partial charge < -0.3 is 9.84 Å². The highest BCUT2D eigenvalue weighted by Gasteiger charge is 2.34. The minimum atomic E-state index is -0.413. The van der Waals surface area contributed by atoms with Gasteiger partial charge in [0, 0.05) is 6.42 Å². The summed E-state index contributed by atoms with van der Waals surface area (Å²) in [6, 6.07) is 0. The zero-order valence-electron chi connectivity index (χ0n) is 7.64. The monoisotopic (exact) mass is 156 g/mol. The number of rotatable bonds is 0. The molecule has 0 bridgehead atoms. The highest BCUT2D eigenvalue weighted by Crippen LogP contribution is 2.30. The first-order valence-electron chi connectivity index (χ1n) is 3.97. The van der Waals surface area contributed by atoms with Crippen molar-refractivity contribution in [1.29, 1.82) is 0 Å². The van der Waals surface area contributed by atoms with Crippen molar-refractivity contribution in [1.82, 2.24) is 0 Å². The third kappa shape index (κ3) is 1.56. The van der Waals surface area contributed by atoms with E-state index in [1.165, 1.54) is 0 Å². The molecule has 0 radical (unpaired) electrons. The summed E-state index contributed by atoms with van der Waals surface area (Å²) in [7, 11) is 0. The van der Waals surface area contributed by atoms with E-state index in [0.29, 0.717) is 0 Å². The van der Waals surface area contributed by atoms with E-state index in [9.17, 15) is 5.11 Å². The lowest BCUT2D eigenvalue weighted by Crippen LogP contribution is -2.41. The van der Waals surface area contributed by atoms with Gasteiger partial charge in [0.1, 0.15) is 5.60 Å². The highest BCUT2D eigenvalue weighted by atomic mass is 16.5. The van der Waals surface area contributed by atoms with Gasteiger partial charge in [0.25, 0.3) is 0 Å². The van der Waals surface area contributed by atoms with Gasteiger partial charge in [0.05, 0.1) is 11.9 Å². The van der Waals surface area contributed by atoms with Crippen LogP contribution in [0.15, 0.2) is 11.3 Å². The summed E-state index contributed by atoms with van der Waals surface area (Å²) >= 11 is 0. The number of ether oxygens (including phenoxy) is 1. The lowest BCUT2D eigenvalue weighted by Gasteiger charge is -2.36. The molecule has 2 nitrogen and oxygen atoms in total. The van der Waals surface area contributed by atoms with Crippen molar-refractivity contribution in [3.05, 3.63) is 11.3 Å². The van der Waals surface area contributed by atoms with E-state index < -0.39 is 5.60 Å². The molecule has 0 aromatic carbocycles. The van der Waals surface area contributed by atoms with Crippen molar-refractivity contribution in [2.45, 2.75) is 45.8 Å². The van der Waals surface area contributed by atoms with E-state index >= 15 is 0 Å². The van der Waals surface area contributed by atoms with Gasteiger partial charge in [0.15, 0.2) is 0 Å². The van der Waals surface area contributed by atoms with Crippen molar-refractivity contribution < 1.29 is 9.84 Å². The largest absolute Gasteiger partial charge is 0.490 e. The van der Waals surface area contributed by atoms with Crippen molar-refractivity contribution in [3.8, 4) is 0 Å². The summed E-state index contributed by atoms with van der Waals surface area (Å²) in [5.74, 6) is 0.959. The molecule has 0 aromatic rings. The average molecular weight is 156 g/mol. The normalized spacial score (nSPS) is 30.1. The number of hydrogen-bond donors (Lipinski definition) is 1. The van der Waals surface area contributed by atoms with Gasteiger partial charge in [-0.1, -0.05) is 0 Å². The first kappa shape index (κ1) is 8.60. The van der Waals surface area contributed by atoms with E-state index in [1.807, 2.05) is 27.7 Å². The molecule has 0 fully saturated rings. The molecule has 1 unspecified atom stereocenters. The summed E-state index contributed by atoms with van der Waals surface area (Å²) in [4.78, 5) is 0. The van der Waals surface area contributed by atoms with E-state index in [2.05, 4.69) is 0 Å². The smallest absolute Gasteiger partial charge is 0.129 e. The summed E-state index contributed by atoms with van der Waals surface area (Å²) in [6.45, 7) is 7.76. The van der Waals surface area contributed by atoms with Crippen molar-refractivity contribution in [2.75, 3.05) is 0 Å². The van der Waals surface area contributed by atoms with Gasteiger partial charge in [-0.3, -0.25) is 0 Å². The van der Waals surface area contributed by atoms with Crippen LogP contribution in [0.4, 0.5) is 0 Å². The van der Waals surface area contributed by atoms with Gasteiger partial charge in [-0.25, -0.2) is 0 Å². The van der Waals surface area contributed by atoms with Gasteiger partial charge >= 0.3 is 0 Å². The second-order valence-corrected chi connectivity index (χ2v) is 3.76. The Labute approximate surface area is 67.9 Å². The fourth-order valence-electron chi connectivity index (χ4n) is 1.23. The lowest BCUT2D eigenvalue weighted by atomic mass is 9.92. The van der Waals surface area contributed by atoms with Crippen LogP contribution in [-0.2, 0) is 4.74 Å². The quantitative estimate of drug-likeness (QED) is 0.580. The molecule has 1 aliphatic heterocycles. The SMILES string of the molecule is CC1=C(C)OC(C)(C)C(O)C1. The van der Waals surface area contributed by atoms with Crippen LogP contribution < -0.4 is 0 Å². The van der Waals surface area contributed by atoms with Crippen molar-refractivity contribution >= 4 is 0 Å². The van der Waals surface area contributed by atoms with Crippen LogP contribution in [0.1, 0.15) is 34.1 Å². The number of aliphatic hydroxyl groups is 1. The van der Waals surface area contributed by atoms with E-state index in [0.717, 1.165) is 17.8 Å². The third-order valence-electron chi connectivity index (χ3n) is 2.32. The standard InChI is InChI=1S/C9H16O2/c1-6-5-8(10)9(3,4)11-7(6)2/h8,10H,5H2,1-4H3. The number of hydrogen-bond acceptors (Lipinski definition) is 2. The minimum absolute atomic E-state index is 0.369. The van der Waals surface area contributed by atoms with Gasteiger partial charge in [-0.05, 0) is 33.3 Å². The summed E-state index contributed by atoms with van der Waals surface area (Å²) in [6.07, 6.45) is 0.366. The molecule has 64 valence electrons. The molecule has 1 rings (SSSR count). The highest BCUT2D eigenvalue weighted by molar-refractivity contribution is 5.11. The first-order valence-corrected chi connectivity index (χ1v) is 3.97. The molecule has 0 saturated heterocycles. The molecule has 11 heavy (non-hydrogen) atoms. The second kappa shape index (κ2) is 2.52. The Bertz CT molecular complexity index is 192. The fraction of sp³-hybridized carbons (Fsp3) is 0.778. The zero-order chi connectivity index (χ0) is 8.65. The Hall–Kier alpha value is -0.500. The molecule has 0 aliphatic carbocycles. The van der Waals surface area contributed by atoms with Crippen LogP contribution in [0.5, 0.6) is 0 Å². The van der Waals surface area contributed by atoms with Crippen LogP contribution in [-0.4, -0.2) is 16.8 Å². The molecule has 2 heteroatoms. The predicted octanol–water partition coefficient (Wildman–Crippen LogP) is 1.84. The fourth-order valence-corrected chi connectivity index (χ4v) is 1.23. The van der Waals surface area contributed by atoms with E-state index in [-0.39, 0.29) is 6.10 Å². The summed E-state index contributed by atoms with van der Waals surface area (Å²) < 4.78 is 5.53. The molecule has 1 heterocycles. The molecule has 0 spiro atoms. The van der Waals surface area contributed by atoms with Gasteiger partial charge in [0.2, 0.25) is 0 Å². The van der Waals surface area contributed by atoms with Crippen LogP contribution in [0.25, 0.3) is 0 Å². The Morgan fingerprint density at radius 1 is 1.45 bits per heavy atom. The van der Waals surface area contributed by atoms with Crippen LogP contribution >= 0.6 is 0 Å². The Kier molecular flexibility index (Phi) is 1.97. The molecule has 1 N–H and O–H groups in total. The minimum Gasteiger partial charge on any atom is -0.490 e. The molecular weight excluding hydrogens is 140 g/mol.